The lowest BCUT2D eigenvalue weighted by Crippen LogP contribution is -2.31. The van der Waals surface area contributed by atoms with E-state index in [1.54, 1.807) is 43.4 Å². The highest BCUT2D eigenvalue weighted by molar-refractivity contribution is 5.91. The zero-order valence-electron chi connectivity index (χ0n) is 13.8. The molecule has 0 amide bonds. The molecule has 2 heterocycles. The highest BCUT2D eigenvalue weighted by Crippen LogP contribution is 2.40. The summed E-state index contributed by atoms with van der Waals surface area (Å²) in [6.07, 6.45) is -0.0399. The van der Waals surface area contributed by atoms with Crippen LogP contribution in [0.3, 0.4) is 0 Å². The Balaban J connectivity index is 2.02. The molecule has 1 aromatic heterocycles. The van der Waals surface area contributed by atoms with Crippen LogP contribution in [0.2, 0.25) is 0 Å². The third-order valence-electron chi connectivity index (χ3n) is 4.71. The fourth-order valence-electron chi connectivity index (χ4n) is 3.47. The van der Waals surface area contributed by atoms with E-state index in [0.29, 0.717) is 22.0 Å². The lowest BCUT2D eigenvalue weighted by atomic mass is 9.86. The predicted molar refractivity (Wildman–Crippen MR) is 94.4 cm³/mol. The van der Waals surface area contributed by atoms with Gasteiger partial charge in [0.05, 0.1) is 22.4 Å². The molecule has 7 heteroatoms. The van der Waals surface area contributed by atoms with Crippen molar-refractivity contribution in [1.82, 2.24) is 4.57 Å². The number of aryl methyl sites for hydroxylation is 1. The van der Waals surface area contributed by atoms with E-state index in [2.05, 4.69) is 0 Å². The molecule has 1 atom stereocenters. The first kappa shape index (κ1) is 16.0. The van der Waals surface area contributed by atoms with Gasteiger partial charge in [0.15, 0.2) is 0 Å². The van der Waals surface area contributed by atoms with Gasteiger partial charge in [0.1, 0.15) is 5.75 Å². The van der Waals surface area contributed by atoms with Gasteiger partial charge < -0.3 is 9.30 Å². The van der Waals surface area contributed by atoms with E-state index in [-0.39, 0.29) is 23.4 Å². The van der Waals surface area contributed by atoms with Gasteiger partial charge in [-0.25, -0.2) is 0 Å². The minimum atomic E-state index is -0.588. The van der Waals surface area contributed by atoms with Crippen molar-refractivity contribution >= 4 is 22.6 Å². The summed E-state index contributed by atoms with van der Waals surface area (Å²) < 4.78 is 6.94. The molecule has 3 aromatic rings. The lowest BCUT2D eigenvalue weighted by molar-refractivity contribution is -0.384. The SMILES string of the molecule is Cn1c(=O)c2c(c3ccccc31)OC(=O)C[C@@H]2c1cccc([N+](=O)[O-])c1. The van der Waals surface area contributed by atoms with E-state index in [0.717, 1.165) is 0 Å². The summed E-state index contributed by atoms with van der Waals surface area (Å²) in [6.45, 7) is 0. The molecule has 1 aliphatic heterocycles. The van der Waals surface area contributed by atoms with Crippen LogP contribution in [0.15, 0.2) is 53.3 Å². The molecule has 0 N–H and O–H groups in total. The van der Waals surface area contributed by atoms with Crippen molar-refractivity contribution in [2.24, 2.45) is 7.05 Å². The number of nitrogens with zero attached hydrogens (tertiary/aromatic N) is 2. The Morgan fingerprint density at radius 2 is 1.92 bits per heavy atom. The first-order valence-corrected chi connectivity index (χ1v) is 8.04. The summed E-state index contributed by atoms with van der Waals surface area (Å²) in [5.74, 6) is -0.807. The smallest absolute Gasteiger partial charge is 0.312 e. The number of pyridine rings is 1. The summed E-state index contributed by atoms with van der Waals surface area (Å²) in [6, 6.07) is 13.2. The molecule has 4 rings (SSSR count). The fourth-order valence-corrected chi connectivity index (χ4v) is 3.47. The van der Waals surface area contributed by atoms with E-state index in [4.69, 9.17) is 4.74 Å². The Morgan fingerprint density at radius 1 is 1.15 bits per heavy atom. The van der Waals surface area contributed by atoms with Crippen LogP contribution in [0.1, 0.15) is 23.5 Å². The number of fused-ring (bicyclic) bond motifs is 3. The largest absolute Gasteiger partial charge is 0.425 e. The van der Waals surface area contributed by atoms with Gasteiger partial charge in [-0.3, -0.25) is 19.7 Å². The Kier molecular flexibility index (Phi) is 3.57. The summed E-state index contributed by atoms with van der Waals surface area (Å²) >= 11 is 0. The molecule has 0 fully saturated rings. The molecular formula is C19H14N2O5. The third kappa shape index (κ3) is 2.36. The van der Waals surface area contributed by atoms with E-state index >= 15 is 0 Å². The van der Waals surface area contributed by atoms with Gasteiger partial charge in [0, 0.05) is 30.5 Å². The number of esters is 1. The van der Waals surface area contributed by atoms with Crippen molar-refractivity contribution in [3.8, 4) is 5.75 Å². The van der Waals surface area contributed by atoms with Crippen LogP contribution < -0.4 is 10.3 Å². The molecule has 26 heavy (non-hydrogen) atoms. The van der Waals surface area contributed by atoms with Gasteiger partial charge in [0.2, 0.25) is 0 Å². The zero-order chi connectivity index (χ0) is 18.4. The summed E-state index contributed by atoms with van der Waals surface area (Å²) in [7, 11) is 1.66. The number of nitro benzene ring substituents is 1. The number of aromatic nitrogens is 1. The van der Waals surface area contributed by atoms with Crippen molar-refractivity contribution in [1.29, 1.82) is 0 Å². The number of carbonyl (C=O) groups is 1. The minimum Gasteiger partial charge on any atom is -0.425 e. The number of hydrogen-bond donors (Lipinski definition) is 0. The van der Waals surface area contributed by atoms with Crippen LogP contribution in [-0.2, 0) is 11.8 Å². The van der Waals surface area contributed by atoms with Gasteiger partial charge in [0.25, 0.3) is 11.2 Å². The first-order valence-electron chi connectivity index (χ1n) is 8.04. The highest BCUT2D eigenvalue weighted by atomic mass is 16.6. The average Bonchev–Trinajstić information content (AvgIpc) is 2.65. The maximum absolute atomic E-state index is 13.0. The van der Waals surface area contributed by atoms with Crippen molar-refractivity contribution in [3.05, 3.63) is 80.1 Å². The second kappa shape index (κ2) is 5.80. The van der Waals surface area contributed by atoms with Crippen molar-refractivity contribution in [2.45, 2.75) is 12.3 Å². The number of hydrogen-bond acceptors (Lipinski definition) is 5. The van der Waals surface area contributed by atoms with Crippen molar-refractivity contribution in [2.75, 3.05) is 0 Å². The van der Waals surface area contributed by atoms with Gasteiger partial charge in [-0.2, -0.15) is 0 Å². The molecule has 0 unspecified atom stereocenters. The molecule has 0 spiro atoms. The number of carbonyl (C=O) groups excluding carboxylic acids is 1. The van der Waals surface area contributed by atoms with E-state index in [9.17, 15) is 19.7 Å². The first-order chi connectivity index (χ1) is 12.5. The number of non-ortho nitro benzene ring substituents is 1. The molecule has 0 saturated carbocycles. The third-order valence-corrected chi connectivity index (χ3v) is 4.71. The summed E-state index contributed by atoms with van der Waals surface area (Å²) in [5, 5.41) is 11.8. The summed E-state index contributed by atoms with van der Waals surface area (Å²) in [5.41, 5.74) is 1.20. The van der Waals surface area contributed by atoms with E-state index in [1.807, 2.05) is 0 Å². The molecule has 2 aromatic carbocycles. The maximum atomic E-state index is 13.0. The quantitative estimate of drug-likeness (QED) is 0.403. The second-order valence-corrected chi connectivity index (χ2v) is 6.21. The number of para-hydroxylation sites is 1. The van der Waals surface area contributed by atoms with Crippen molar-refractivity contribution in [3.63, 3.8) is 0 Å². The van der Waals surface area contributed by atoms with Gasteiger partial charge >= 0.3 is 5.97 Å². The number of ether oxygens (including phenoxy) is 1. The van der Waals surface area contributed by atoms with Crippen LogP contribution in [0.5, 0.6) is 5.75 Å². The fraction of sp³-hybridized carbons (Fsp3) is 0.158. The number of rotatable bonds is 2. The van der Waals surface area contributed by atoms with Crippen molar-refractivity contribution < 1.29 is 14.5 Å². The Morgan fingerprint density at radius 3 is 2.69 bits per heavy atom. The Hall–Kier alpha value is -3.48. The Bertz CT molecular complexity index is 1130. The molecular weight excluding hydrogens is 336 g/mol. The molecule has 0 aliphatic carbocycles. The average molecular weight is 350 g/mol. The zero-order valence-corrected chi connectivity index (χ0v) is 13.8. The van der Waals surface area contributed by atoms with Gasteiger partial charge in [-0.05, 0) is 17.7 Å². The van der Waals surface area contributed by atoms with E-state index in [1.165, 1.54) is 16.7 Å². The van der Waals surface area contributed by atoms with Crippen LogP contribution in [0.25, 0.3) is 10.9 Å². The molecule has 1 aliphatic rings. The highest BCUT2D eigenvalue weighted by Gasteiger charge is 2.34. The topological polar surface area (TPSA) is 91.4 Å². The molecule has 0 saturated heterocycles. The normalized spacial score (nSPS) is 16.2. The van der Waals surface area contributed by atoms with Crippen LogP contribution in [0.4, 0.5) is 5.69 Å². The monoisotopic (exact) mass is 350 g/mol. The van der Waals surface area contributed by atoms with Crippen LogP contribution in [-0.4, -0.2) is 15.5 Å². The molecule has 7 nitrogen and oxygen atoms in total. The standard InChI is InChI=1S/C19H14N2O5/c1-20-15-8-3-2-7-13(15)18-17(19(20)23)14(10-16(22)26-18)11-5-4-6-12(9-11)21(24)25/h2-9,14H,10H2,1H3/t14-/m1/s1. The van der Waals surface area contributed by atoms with Gasteiger partial charge in [-0.1, -0.05) is 24.3 Å². The van der Waals surface area contributed by atoms with Gasteiger partial charge in [-0.15, -0.1) is 0 Å². The van der Waals surface area contributed by atoms with E-state index < -0.39 is 16.8 Å². The molecule has 0 bridgehead atoms. The minimum absolute atomic E-state index is 0.0399. The predicted octanol–water partition coefficient (Wildman–Crippen LogP) is 2.89. The molecule has 0 radical (unpaired) electrons. The summed E-state index contributed by atoms with van der Waals surface area (Å²) in [4.78, 5) is 35.8. The number of benzene rings is 2. The lowest BCUT2D eigenvalue weighted by Gasteiger charge is -2.26. The van der Waals surface area contributed by atoms with Crippen LogP contribution >= 0.6 is 0 Å². The number of nitro groups is 1. The van der Waals surface area contributed by atoms with Crippen LogP contribution in [0, 0.1) is 10.1 Å². The molecule has 130 valence electrons. The second-order valence-electron chi connectivity index (χ2n) is 6.21. The maximum Gasteiger partial charge on any atom is 0.312 e. The Labute approximate surface area is 147 Å².